The molecule has 27 heavy (non-hydrogen) atoms. The molecular weight excluding hydrogens is 364 g/mol. The molecule has 2 heterocycles. The molecule has 0 bridgehead atoms. The molecule has 3 N–H and O–H groups in total. The first-order valence-electron chi connectivity index (χ1n) is 8.95. The summed E-state index contributed by atoms with van der Waals surface area (Å²) in [5, 5.41) is 6.02. The predicted molar refractivity (Wildman–Crippen MR) is 104 cm³/mol. The second-order valence-corrected chi connectivity index (χ2v) is 7.70. The molecule has 0 aliphatic carbocycles. The Hall–Kier alpha value is -2.45. The lowest BCUT2D eigenvalue weighted by atomic mass is 10.0. The van der Waals surface area contributed by atoms with Crippen LogP contribution in [0.1, 0.15) is 33.9 Å². The molecule has 1 saturated heterocycles. The molecule has 0 spiro atoms. The molecule has 3 rings (SSSR count). The number of hydrogen-bond acceptors (Lipinski definition) is 6. The van der Waals surface area contributed by atoms with Crippen molar-refractivity contribution in [2.24, 2.45) is 5.73 Å². The molecule has 0 radical (unpaired) electrons. The maximum absolute atomic E-state index is 12.7. The summed E-state index contributed by atoms with van der Waals surface area (Å²) in [5.41, 5.74) is 6.61. The number of aromatic nitrogens is 1. The summed E-state index contributed by atoms with van der Waals surface area (Å²) >= 11 is 1.57. The third kappa shape index (κ3) is 5.51. The predicted octanol–water partition coefficient (Wildman–Crippen LogP) is 1.71. The van der Waals surface area contributed by atoms with Crippen LogP contribution < -0.4 is 15.8 Å². The van der Waals surface area contributed by atoms with E-state index in [0.717, 1.165) is 36.6 Å². The van der Waals surface area contributed by atoms with E-state index in [-0.39, 0.29) is 24.4 Å². The van der Waals surface area contributed by atoms with Crippen LogP contribution in [0.3, 0.4) is 0 Å². The molecule has 1 aliphatic rings. The topological polar surface area (TPSA) is 97.6 Å². The number of benzene rings is 1. The van der Waals surface area contributed by atoms with Gasteiger partial charge in [-0.2, -0.15) is 0 Å². The number of nitrogens with one attached hydrogen (secondary N) is 1. The Balaban J connectivity index is 1.56. The molecule has 0 atom stereocenters. The van der Waals surface area contributed by atoms with Gasteiger partial charge in [0, 0.05) is 24.5 Å². The molecule has 2 aromatic rings. The Morgan fingerprint density at radius 3 is 2.74 bits per heavy atom. The van der Waals surface area contributed by atoms with Crippen molar-refractivity contribution >= 4 is 23.2 Å². The molecule has 144 valence electrons. The van der Waals surface area contributed by atoms with Gasteiger partial charge in [-0.1, -0.05) is 12.1 Å². The molecule has 8 heteroatoms. The van der Waals surface area contributed by atoms with Crippen LogP contribution in [0.5, 0.6) is 5.75 Å². The number of carbonyl (C=O) groups excluding carboxylic acids is 2. The number of piperidine rings is 1. The Morgan fingerprint density at radius 1 is 1.33 bits per heavy atom. The maximum Gasteiger partial charge on any atom is 0.255 e. The van der Waals surface area contributed by atoms with E-state index in [1.54, 1.807) is 23.5 Å². The summed E-state index contributed by atoms with van der Waals surface area (Å²) in [5.74, 6) is 0.0825. The van der Waals surface area contributed by atoms with Crippen molar-refractivity contribution < 1.29 is 14.3 Å². The minimum atomic E-state index is -0.320. The quantitative estimate of drug-likeness (QED) is 0.753. The lowest BCUT2D eigenvalue weighted by molar-refractivity contribution is -0.119. The summed E-state index contributed by atoms with van der Waals surface area (Å²) in [6.07, 6.45) is 1.58. The third-order valence-electron chi connectivity index (χ3n) is 4.48. The smallest absolute Gasteiger partial charge is 0.255 e. The van der Waals surface area contributed by atoms with Crippen LogP contribution in [0.25, 0.3) is 0 Å². The summed E-state index contributed by atoms with van der Waals surface area (Å²) in [6.45, 7) is 4.04. The highest BCUT2D eigenvalue weighted by Gasteiger charge is 2.23. The monoisotopic (exact) mass is 388 g/mol. The van der Waals surface area contributed by atoms with Crippen molar-refractivity contribution in [1.29, 1.82) is 0 Å². The van der Waals surface area contributed by atoms with Crippen molar-refractivity contribution in [2.45, 2.75) is 32.4 Å². The number of amides is 2. The first-order valence-corrected chi connectivity index (χ1v) is 9.83. The van der Waals surface area contributed by atoms with Gasteiger partial charge in [-0.05, 0) is 31.9 Å². The lowest BCUT2D eigenvalue weighted by Crippen LogP contribution is -2.46. The van der Waals surface area contributed by atoms with Crippen molar-refractivity contribution in [3.8, 4) is 5.75 Å². The van der Waals surface area contributed by atoms with E-state index in [2.05, 4.69) is 10.3 Å². The molecule has 0 unspecified atom stereocenters. The van der Waals surface area contributed by atoms with E-state index < -0.39 is 0 Å². The molecule has 1 aromatic carbocycles. The van der Waals surface area contributed by atoms with Gasteiger partial charge in [0.1, 0.15) is 12.4 Å². The van der Waals surface area contributed by atoms with Crippen LogP contribution in [-0.4, -0.2) is 47.4 Å². The molecule has 1 aliphatic heterocycles. The van der Waals surface area contributed by atoms with Gasteiger partial charge in [0.2, 0.25) is 5.91 Å². The SMILES string of the molecule is Cc1nc(COc2ccccc2C(=O)NC2CCN(CC(N)=O)CC2)cs1. The summed E-state index contributed by atoms with van der Waals surface area (Å²) in [7, 11) is 0. The standard InChI is InChI=1S/C19H24N4O3S/c1-13-21-15(12-27-13)11-26-17-5-3-2-4-16(17)19(25)22-14-6-8-23(9-7-14)10-18(20)24/h2-5,12,14H,6-11H2,1H3,(H2,20,24)(H,22,25). The highest BCUT2D eigenvalue weighted by molar-refractivity contribution is 7.09. The minimum Gasteiger partial charge on any atom is -0.486 e. The van der Waals surface area contributed by atoms with Gasteiger partial charge >= 0.3 is 0 Å². The lowest BCUT2D eigenvalue weighted by Gasteiger charge is -2.31. The molecule has 7 nitrogen and oxygen atoms in total. The van der Waals surface area contributed by atoms with E-state index >= 15 is 0 Å². The number of carbonyl (C=O) groups is 2. The fourth-order valence-corrected chi connectivity index (χ4v) is 3.72. The van der Waals surface area contributed by atoms with Crippen LogP contribution in [0.2, 0.25) is 0 Å². The first-order chi connectivity index (χ1) is 13.0. The van der Waals surface area contributed by atoms with Gasteiger partial charge in [-0.15, -0.1) is 11.3 Å². The van der Waals surface area contributed by atoms with Crippen LogP contribution in [0.4, 0.5) is 0 Å². The molecule has 0 saturated carbocycles. The van der Waals surface area contributed by atoms with Gasteiger partial charge < -0.3 is 15.8 Å². The molecular formula is C19H24N4O3S. The maximum atomic E-state index is 12.7. The summed E-state index contributed by atoms with van der Waals surface area (Å²) < 4.78 is 5.83. The number of para-hydroxylation sites is 1. The number of thiazole rings is 1. The van der Waals surface area contributed by atoms with Crippen molar-refractivity contribution in [3.05, 3.63) is 45.9 Å². The van der Waals surface area contributed by atoms with Crippen LogP contribution in [-0.2, 0) is 11.4 Å². The number of aryl methyl sites for hydroxylation is 1. The average Bonchev–Trinajstić information content (AvgIpc) is 3.07. The molecule has 2 amide bonds. The Labute approximate surface area is 162 Å². The third-order valence-corrected chi connectivity index (χ3v) is 5.30. The Morgan fingerprint density at radius 2 is 2.07 bits per heavy atom. The van der Waals surface area contributed by atoms with E-state index in [1.807, 2.05) is 29.3 Å². The number of rotatable bonds is 7. The normalized spacial score (nSPS) is 15.4. The first kappa shape index (κ1) is 19.3. The van der Waals surface area contributed by atoms with Crippen molar-refractivity contribution in [3.63, 3.8) is 0 Å². The Bertz CT molecular complexity index is 800. The van der Waals surface area contributed by atoms with Gasteiger partial charge in [0.05, 0.1) is 22.8 Å². The average molecular weight is 388 g/mol. The zero-order chi connectivity index (χ0) is 19.2. The fraction of sp³-hybridized carbons (Fsp3) is 0.421. The number of ether oxygens (including phenoxy) is 1. The van der Waals surface area contributed by atoms with E-state index in [9.17, 15) is 9.59 Å². The van der Waals surface area contributed by atoms with Crippen molar-refractivity contribution in [2.75, 3.05) is 19.6 Å². The van der Waals surface area contributed by atoms with Crippen LogP contribution in [0, 0.1) is 6.92 Å². The number of hydrogen-bond donors (Lipinski definition) is 2. The van der Waals surface area contributed by atoms with Crippen molar-refractivity contribution in [1.82, 2.24) is 15.2 Å². The zero-order valence-electron chi connectivity index (χ0n) is 15.3. The van der Waals surface area contributed by atoms with Gasteiger partial charge in [0.25, 0.3) is 5.91 Å². The second-order valence-electron chi connectivity index (χ2n) is 6.63. The summed E-state index contributed by atoms with van der Waals surface area (Å²) in [4.78, 5) is 30.1. The number of primary amides is 1. The highest BCUT2D eigenvalue weighted by Crippen LogP contribution is 2.21. The van der Waals surface area contributed by atoms with Gasteiger partial charge in [-0.25, -0.2) is 4.98 Å². The van der Waals surface area contributed by atoms with Crippen LogP contribution in [0.15, 0.2) is 29.6 Å². The van der Waals surface area contributed by atoms with Gasteiger partial charge in [-0.3, -0.25) is 14.5 Å². The fourth-order valence-electron chi connectivity index (χ4n) is 3.13. The molecule has 1 fully saturated rings. The summed E-state index contributed by atoms with van der Waals surface area (Å²) in [6, 6.07) is 7.31. The van der Waals surface area contributed by atoms with E-state index in [4.69, 9.17) is 10.5 Å². The number of nitrogens with zero attached hydrogens (tertiary/aromatic N) is 2. The van der Waals surface area contributed by atoms with Crippen LogP contribution >= 0.6 is 11.3 Å². The van der Waals surface area contributed by atoms with E-state index in [1.165, 1.54) is 0 Å². The number of likely N-dealkylation sites (tertiary alicyclic amines) is 1. The second kappa shape index (κ2) is 8.96. The largest absolute Gasteiger partial charge is 0.486 e. The zero-order valence-corrected chi connectivity index (χ0v) is 16.1. The Kier molecular flexibility index (Phi) is 6.41. The highest BCUT2D eigenvalue weighted by atomic mass is 32.1. The minimum absolute atomic E-state index is 0.0795. The van der Waals surface area contributed by atoms with Gasteiger partial charge in [0.15, 0.2) is 0 Å². The number of nitrogens with two attached hydrogens (primary N) is 1. The molecule has 1 aromatic heterocycles. The van der Waals surface area contributed by atoms with E-state index in [0.29, 0.717) is 17.9 Å².